The molecule has 8 heteroatoms. The molecular weight excluding hydrogens is 339 g/mol. The smallest absolute Gasteiger partial charge is 0.416 e. The van der Waals surface area contributed by atoms with Crippen LogP contribution in [0, 0.1) is 17.0 Å². The monoisotopic (exact) mass is 353 g/mol. The molecule has 0 saturated heterocycles. The van der Waals surface area contributed by atoms with E-state index in [4.69, 9.17) is 4.74 Å². The van der Waals surface area contributed by atoms with E-state index in [0.717, 1.165) is 24.3 Å². The number of nitro groups is 1. The molecule has 0 amide bonds. The third-order valence-electron chi connectivity index (χ3n) is 3.59. The third kappa shape index (κ3) is 4.34. The minimum absolute atomic E-state index is 0.133. The highest BCUT2D eigenvalue weighted by Gasteiger charge is 2.30. The van der Waals surface area contributed by atoms with Crippen molar-refractivity contribution in [3.8, 4) is 11.5 Å². The lowest BCUT2D eigenvalue weighted by Crippen LogP contribution is -2.26. The molecule has 5 nitrogen and oxygen atoms in total. The Labute approximate surface area is 141 Å². The zero-order valence-corrected chi connectivity index (χ0v) is 13.3. The Morgan fingerprint density at radius 3 is 2.20 bits per heavy atom. The quantitative estimate of drug-likeness (QED) is 0.446. The summed E-state index contributed by atoms with van der Waals surface area (Å²) < 4.78 is 43.1. The molecule has 2 aromatic carbocycles. The number of carbonyl (C=O) groups excluding carboxylic acids is 1. The summed E-state index contributed by atoms with van der Waals surface area (Å²) >= 11 is 0. The van der Waals surface area contributed by atoms with E-state index in [2.05, 4.69) is 0 Å². The minimum atomic E-state index is -4.44. The van der Waals surface area contributed by atoms with Crippen molar-refractivity contribution >= 4 is 5.78 Å². The SMILES string of the molecule is Cc1ccc(Oc2ccc(C(F)(F)F)cc2)cc1C(=O)C(C)[N+](=O)[O-]. The molecule has 132 valence electrons. The summed E-state index contributed by atoms with van der Waals surface area (Å²) in [5.41, 5.74) is -0.133. The first-order chi connectivity index (χ1) is 11.6. The van der Waals surface area contributed by atoms with Gasteiger partial charge in [0.15, 0.2) is 0 Å². The molecule has 0 heterocycles. The lowest BCUT2D eigenvalue weighted by Gasteiger charge is -2.11. The van der Waals surface area contributed by atoms with Crippen LogP contribution in [0.3, 0.4) is 0 Å². The number of halogens is 3. The Bertz CT molecular complexity index is 801. The van der Waals surface area contributed by atoms with Gasteiger partial charge in [-0.05, 0) is 48.9 Å². The Morgan fingerprint density at radius 2 is 1.68 bits per heavy atom. The van der Waals surface area contributed by atoms with E-state index in [1.165, 1.54) is 19.1 Å². The van der Waals surface area contributed by atoms with Gasteiger partial charge in [0.2, 0.25) is 5.78 Å². The normalized spacial score (nSPS) is 12.5. The van der Waals surface area contributed by atoms with Crippen LogP contribution in [0.4, 0.5) is 13.2 Å². The second-order valence-corrected chi connectivity index (χ2v) is 5.43. The first kappa shape index (κ1) is 18.4. The average molecular weight is 353 g/mol. The zero-order valence-electron chi connectivity index (χ0n) is 13.3. The Balaban J connectivity index is 2.25. The second kappa shape index (κ2) is 6.92. The van der Waals surface area contributed by atoms with Crippen molar-refractivity contribution in [2.45, 2.75) is 26.1 Å². The maximum Gasteiger partial charge on any atom is 0.416 e. The number of aryl methyl sites for hydroxylation is 1. The van der Waals surface area contributed by atoms with E-state index in [1.54, 1.807) is 13.0 Å². The molecule has 1 unspecified atom stereocenters. The van der Waals surface area contributed by atoms with Crippen molar-refractivity contribution in [1.29, 1.82) is 0 Å². The number of benzene rings is 2. The minimum Gasteiger partial charge on any atom is -0.457 e. The first-order valence-electron chi connectivity index (χ1n) is 7.23. The number of Topliss-reactive ketones (excluding diaryl/α,β-unsaturated/α-hetero) is 1. The van der Waals surface area contributed by atoms with Crippen LogP contribution in [-0.4, -0.2) is 16.7 Å². The molecule has 0 radical (unpaired) electrons. The van der Waals surface area contributed by atoms with Gasteiger partial charge in [0.05, 0.1) is 5.56 Å². The van der Waals surface area contributed by atoms with Crippen LogP contribution in [0.25, 0.3) is 0 Å². The number of nitrogens with zero attached hydrogens (tertiary/aromatic N) is 1. The van der Waals surface area contributed by atoms with Crippen molar-refractivity contribution < 1.29 is 27.6 Å². The van der Waals surface area contributed by atoms with E-state index < -0.39 is 28.5 Å². The van der Waals surface area contributed by atoms with Gasteiger partial charge >= 0.3 is 6.18 Å². The van der Waals surface area contributed by atoms with Crippen molar-refractivity contribution in [1.82, 2.24) is 0 Å². The molecule has 0 fully saturated rings. The van der Waals surface area contributed by atoms with Crippen molar-refractivity contribution in [2.75, 3.05) is 0 Å². The zero-order chi connectivity index (χ0) is 18.8. The van der Waals surface area contributed by atoms with E-state index in [0.29, 0.717) is 5.56 Å². The van der Waals surface area contributed by atoms with E-state index in [9.17, 15) is 28.1 Å². The average Bonchev–Trinajstić information content (AvgIpc) is 2.55. The fourth-order valence-electron chi connectivity index (χ4n) is 2.10. The van der Waals surface area contributed by atoms with Gasteiger partial charge in [0.1, 0.15) is 11.5 Å². The molecule has 0 aliphatic heterocycles. The lowest BCUT2D eigenvalue weighted by molar-refractivity contribution is -0.500. The van der Waals surface area contributed by atoms with Crippen LogP contribution in [0.5, 0.6) is 11.5 Å². The van der Waals surface area contributed by atoms with Gasteiger partial charge in [-0.3, -0.25) is 14.9 Å². The fourth-order valence-corrected chi connectivity index (χ4v) is 2.10. The fraction of sp³-hybridized carbons (Fsp3) is 0.235. The van der Waals surface area contributed by atoms with Gasteiger partial charge in [0.25, 0.3) is 6.04 Å². The highest BCUT2D eigenvalue weighted by Crippen LogP contribution is 2.31. The van der Waals surface area contributed by atoms with Crippen molar-refractivity contribution in [3.05, 3.63) is 69.3 Å². The van der Waals surface area contributed by atoms with Crippen LogP contribution in [0.1, 0.15) is 28.4 Å². The Kier molecular flexibility index (Phi) is 5.10. The number of rotatable bonds is 5. The summed E-state index contributed by atoms with van der Waals surface area (Å²) in [4.78, 5) is 22.2. The van der Waals surface area contributed by atoms with Gasteiger partial charge < -0.3 is 4.74 Å². The van der Waals surface area contributed by atoms with Crippen molar-refractivity contribution in [3.63, 3.8) is 0 Å². The number of ketones is 1. The molecule has 0 N–H and O–H groups in total. The van der Waals surface area contributed by atoms with Crippen molar-refractivity contribution in [2.24, 2.45) is 0 Å². The molecule has 0 saturated carbocycles. The third-order valence-corrected chi connectivity index (χ3v) is 3.59. The molecular formula is C17H14F3NO4. The molecule has 0 spiro atoms. The summed E-state index contributed by atoms with van der Waals surface area (Å²) in [6.07, 6.45) is -4.44. The van der Waals surface area contributed by atoms with E-state index in [1.807, 2.05) is 0 Å². The number of ether oxygens (including phenoxy) is 1. The standard InChI is InChI=1S/C17H14F3NO4/c1-10-3-6-14(9-15(10)16(22)11(2)21(23)24)25-13-7-4-12(5-8-13)17(18,19)20/h3-9,11H,1-2H3. The van der Waals surface area contributed by atoms with E-state index >= 15 is 0 Å². The molecule has 25 heavy (non-hydrogen) atoms. The van der Waals surface area contributed by atoms with Gasteiger partial charge in [-0.2, -0.15) is 13.2 Å². The lowest BCUT2D eigenvalue weighted by atomic mass is 10.0. The number of carbonyl (C=O) groups is 1. The Hall–Kier alpha value is -2.90. The highest BCUT2D eigenvalue weighted by atomic mass is 19.4. The van der Waals surface area contributed by atoms with Crippen LogP contribution in [0.15, 0.2) is 42.5 Å². The van der Waals surface area contributed by atoms with Crippen LogP contribution >= 0.6 is 0 Å². The van der Waals surface area contributed by atoms with E-state index in [-0.39, 0.29) is 17.1 Å². The van der Waals surface area contributed by atoms with Gasteiger partial charge in [-0.25, -0.2) is 0 Å². The summed E-state index contributed by atoms with van der Waals surface area (Å²) in [7, 11) is 0. The molecule has 2 aromatic rings. The van der Waals surface area contributed by atoms with Crippen LogP contribution in [0.2, 0.25) is 0 Å². The van der Waals surface area contributed by atoms with Gasteiger partial charge in [0, 0.05) is 17.4 Å². The summed E-state index contributed by atoms with van der Waals surface area (Å²) in [6.45, 7) is 2.81. The van der Waals surface area contributed by atoms with Gasteiger partial charge in [-0.15, -0.1) is 0 Å². The summed E-state index contributed by atoms with van der Waals surface area (Å²) in [6, 6.07) is 7.09. The molecule has 0 aliphatic rings. The number of alkyl halides is 3. The largest absolute Gasteiger partial charge is 0.457 e. The molecule has 0 bridgehead atoms. The summed E-state index contributed by atoms with van der Waals surface area (Å²) in [5, 5.41) is 10.8. The topological polar surface area (TPSA) is 69.4 Å². The summed E-state index contributed by atoms with van der Waals surface area (Å²) in [5.74, 6) is -0.317. The second-order valence-electron chi connectivity index (χ2n) is 5.43. The first-order valence-corrected chi connectivity index (χ1v) is 7.23. The maximum absolute atomic E-state index is 12.5. The molecule has 0 aromatic heterocycles. The predicted molar refractivity (Wildman–Crippen MR) is 83.5 cm³/mol. The molecule has 1 atom stereocenters. The number of hydrogen-bond acceptors (Lipinski definition) is 4. The molecule has 0 aliphatic carbocycles. The maximum atomic E-state index is 12.5. The van der Waals surface area contributed by atoms with Crippen LogP contribution < -0.4 is 4.74 Å². The van der Waals surface area contributed by atoms with Crippen LogP contribution in [-0.2, 0) is 6.18 Å². The van der Waals surface area contributed by atoms with Gasteiger partial charge in [-0.1, -0.05) is 6.07 Å². The highest BCUT2D eigenvalue weighted by molar-refractivity contribution is 6.00. The Morgan fingerprint density at radius 1 is 1.12 bits per heavy atom. The molecule has 2 rings (SSSR count). The predicted octanol–water partition coefficient (Wildman–Crippen LogP) is 4.65. The number of hydrogen-bond donors (Lipinski definition) is 0.